The molecule has 1 saturated heterocycles. The van der Waals surface area contributed by atoms with Gasteiger partial charge in [0.05, 0.1) is 6.04 Å². The number of fused-ring (bicyclic) bond motifs is 1. The minimum Gasteiger partial charge on any atom is -0.422 e. The lowest BCUT2D eigenvalue weighted by Crippen LogP contribution is -2.49. The van der Waals surface area contributed by atoms with Crippen LogP contribution in [0.15, 0.2) is 63.8 Å². The van der Waals surface area contributed by atoms with Gasteiger partial charge in [-0.2, -0.15) is 0 Å². The molecule has 2 heterocycles. The van der Waals surface area contributed by atoms with Crippen LogP contribution in [0.1, 0.15) is 34.5 Å². The van der Waals surface area contributed by atoms with E-state index in [1.165, 1.54) is 5.56 Å². The number of nitrogens with zero attached hydrogens (tertiary/aromatic N) is 1. The minimum absolute atomic E-state index is 0.0887. The normalized spacial score (nSPS) is 17.2. The van der Waals surface area contributed by atoms with Crippen LogP contribution in [0.4, 0.5) is 0 Å². The number of hydrogen-bond acceptors (Lipinski definition) is 4. The molecule has 27 heavy (non-hydrogen) atoms. The minimum atomic E-state index is -0.586. The molecule has 1 amide bonds. The third kappa shape index (κ3) is 3.38. The molecular formula is C22H22N2O3. The number of carbonyl (C=O) groups is 1. The first-order valence-corrected chi connectivity index (χ1v) is 9.31. The molecule has 0 bridgehead atoms. The Hall–Kier alpha value is -2.92. The molecule has 4 rings (SSSR count). The predicted octanol–water partition coefficient (Wildman–Crippen LogP) is 3.14. The first-order chi connectivity index (χ1) is 13.2. The van der Waals surface area contributed by atoms with E-state index < -0.39 is 5.63 Å². The third-order valence-electron chi connectivity index (χ3n) is 5.15. The van der Waals surface area contributed by atoms with E-state index in [9.17, 15) is 9.59 Å². The maximum absolute atomic E-state index is 13.2. The van der Waals surface area contributed by atoms with Gasteiger partial charge in [-0.05, 0) is 29.7 Å². The number of benzene rings is 2. The Morgan fingerprint density at radius 2 is 1.96 bits per heavy atom. The van der Waals surface area contributed by atoms with E-state index in [0.29, 0.717) is 25.2 Å². The summed E-state index contributed by atoms with van der Waals surface area (Å²) in [7, 11) is 0. The average molecular weight is 362 g/mol. The topological polar surface area (TPSA) is 62.6 Å². The lowest BCUT2D eigenvalue weighted by Gasteiger charge is -2.36. The van der Waals surface area contributed by atoms with E-state index in [0.717, 1.165) is 17.4 Å². The van der Waals surface area contributed by atoms with Gasteiger partial charge in [-0.3, -0.25) is 4.79 Å². The second-order valence-electron chi connectivity index (χ2n) is 6.80. The largest absolute Gasteiger partial charge is 0.422 e. The molecule has 2 aromatic carbocycles. The first-order valence-electron chi connectivity index (χ1n) is 9.31. The van der Waals surface area contributed by atoms with Crippen LogP contribution in [0.2, 0.25) is 0 Å². The number of aryl methyl sites for hydroxylation is 1. The van der Waals surface area contributed by atoms with Gasteiger partial charge in [0.2, 0.25) is 0 Å². The number of piperazine rings is 1. The van der Waals surface area contributed by atoms with Crippen molar-refractivity contribution in [3.05, 3.63) is 81.7 Å². The fourth-order valence-corrected chi connectivity index (χ4v) is 3.59. The maximum Gasteiger partial charge on any atom is 0.349 e. The highest BCUT2D eigenvalue weighted by Crippen LogP contribution is 2.25. The van der Waals surface area contributed by atoms with Crippen molar-refractivity contribution >= 4 is 16.9 Å². The molecule has 1 aliphatic heterocycles. The van der Waals surface area contributed by atoms with Crippen LogP contribution in [0, 0.1) is 0 Å². The van der Waals surface area contributed by atoms with Crippen LogP contribution in [0.3, 0.4) is 0 Å². The Kier molecular flexibility index (Phi) is 4.77. The zero-order chi connectivity index (χ0) is 18.8. The van der Waals surface area contributed by atoms with E-state index in [-0.39, 0.29) is 17.5 Å². The van der Waals surface area contributed by atoms with Gasteiger partial charge >= 0.3 is 5.63 Å². The number of nitrogens with one attached hydrogen (secondary N) is 1. The molecule has 0 aliphatic carbocycles. The summed E-state index contributed by atoms with van der Waals surface area (Å²) < 4.78 is 5.36. The molecular weight excluding hydrogens is 340 g/mol. The van der Waals surface area contributed by atoms with Crippen molar-refractivity contribution in [1.29, 1.82) is 0 Å². The highest BCUT2D eigenvalue weighted by molar-refractivity contribution is 5.97. The van der Waals surface area contributed by atoms with Gasteiger partial charge in [0.25, 0.3) is 5.91 Å². The SMILES string of the molecule is CCc1ccc(C2CNCCN2C(=O)c2cc3ccccc3oc2=O)cc1. The summed E-state index contributed by atoms with van der Waals surface area (Å²) in [5.74, 6) is -0.277. The van der Waals surface area contributed by atoms with Gasteiger partial charge in [-0.25, -0.2) is 4.79 Å². The molecule has 1 fully saturated rings. The van der Waals surface area contributed by atoms with Crippen molar-refractivity contribution < 1.29 is 9.21 Å². The summed E-state index contributed by atoms with van der Waals surface area (Å²) in [4.78, 5) is 27.4. The molecule has 0 saturated carbocycles. The van der Waals surface area contributed by atoms with Crippen LogP contribution in [-0.4, -0.2) is 30.4 Å². The van der Waals surface area contributed by atoms with E-state index in [1.54, 1.807) is 23.1 Å². The van der Waals surface area contributed by atoms with Crippen molar-refractivity contribution in [2.45, 2.75) is 19.4 Å². The molecule has 1 aliphatic rings. The Morgan fingerprint density at radius 1 is 1.19 bits per heavy atom. The second kappa shape index (κ2) is 7.37. The quantitative estimate of drug-likeness (QED) is 0.727. The fraction of sp³-hybridized carbons (Fsp3) is 0.273. The summed E-state index contributed by atoms with van der Waals surface area (Å²) >= 11 is 0. The molecule has 138 valence electrons. The molecule has 1 unspecified atom stereocenters. The van der Waals surface area contributed by atoms with Crippen molar-refractivity contribution in [2.24, 2.45) is 0 Å². The Balaban J connectivity index is 1.70. The smallest absolute Gasteiger partial charge is 0.349 e. The van der Waals surface area contributed by atoms with Crippen molar-refractivity contribution in [3.8, 4) is 0 Å². The molecule has 5 heteroatoms. The number of amides is 1. The van der Waals surface area contributed by atoms with E-state index >= 15 is 0 Å². The molecule has 0 spiro atoms. The number of rotatable bonds is 3. The van der Waals surface area contributed by atoms with Crippen molar-refractivity contribution in [3.63, 3.8) is 0 Å². The van der Waals surface area contributed by atoms with Gasteiger partial charge in [0, 0.05) is 25.0 Å². The van der Waals surface area contributed by atoms with Crippen LogP contribution in [-0.2, 0) is 6.42 Å². The number of para-hydroxylation sites is 1. The summed E-state index contributed by atoms with van der Waals surface area (Å²) in [6, 6.07) is 17.1. The lowest BCUT2D eigenvalue weighted by molar-refractivity contribution is 0.0630. The van der Waals surface area contributed by atoms with Crippen molar-refractivity contribution in [1.82, 2.24) is 10.2 Å². The van der Waals surface area contributed by atoms with Crippen LogP contribution in [0.5, 0.6) is 0 Å². The van der Waals surface area contributed by atoms with E-state index in [4.69, 9.17) is 4.42 Å². The highest BCUT2D eigenvalue weighted by Gasteiger charge is 2.30. The Labute approximate surface area is 157 Å². The second-order valence-corrected chi connectivity index (χ2v) is 6.80. The van der Waals surface area contributed by atoms with Crippen molar-refractivity contribution in [2.75, 3.05) is 19.6 Å². The van der Waals surface area contributed by atoms with Gasteiger partial charge in [0.1, 0.15) is 11.1 Å². The Bertz CT molecular complexity index is 1020. The Morgan fingerprint density at radius 3 is 2.74 bits per heavy atom. The van der Waals surface area contributed by atoms with Gasteiger partial charge in [-0.15, -0.1) is 0 Å². The van der Waals surface area contributed by atoms with Crippen LogP contribution in [0.25, 0.3) is 11.0 Å². The van der Waals surface area contributed by atoms with Crippen LogP contribution < -0.4 is 10.9 Å². The summed E-state index contributed by atoms with van der Waals surface area (Å²) in [5, 5.41) is 4.10. The molecule has 1 atom stereocenters. The predicted molar refractivity (Wildman–Crippen MR) is 105 cm³/mol. The standard InChI is InChI=1S/C22H22N2O3/c1-2-15-7-9-16(10-8-15)19-14-23-11-12-24(19)21(25)18-13-17-5-3-4-6-20(17)27-22(18)26/h3-10,13,19,23H,2,11-12,14H2,1H3. The monoisotopic (exact) mass is 362 g/mol. The first kappa shape index (κ1) is 17.5. The number of carbonyl (C=O) groups excluding carboxylic acids is 1. The van der Waals surface area contributed by atoms with Gasteiger partial charge in [-0.1, -0.05) is 49.4 Å². The van der Waals surface area contributed by atoms with E-state index in [2.05, 4.69) is 36.5 Å². The number of hydrogen-bond donors (Lipinski definition) is 1. The van der Waals surface area contributed by atoms with Crippen LogP contribution >= 0.6 is 0 Å². The van der Waals surface area contributed by atoms with Gasteiger partial charge in [0.15, 0.2) is 0 Å². The molecule has 0 radical (unpaired) electrons. The molecule has 1 aromatic heterocycles. The zero-order valence-electron chi connectivity index (χ0n) is 15.3. The zero-order valence-corrected chi connectivity index (χ0v) is 15.3. The average Bonchev–Trinajstić information content (AvgIpc) is 2.73. The molecule has 5 nitrogen and oxygen atoms in total. The fourth-order valence-electron chi connectivity index (χ4n) is 3.59. The van der Waals surface area contributed by atoms with E-state index in [1.807, 2.05) is 12.1 Å². The maximum atomic E-state index is 13.2. The highest BCUT2D eigenvalue weighted by atomic mass is 16.4. The molecule has 3 aromatic rings. The third-order valence-corrected chi connectivity index (χ3v) is 5.15. The lowest BCUT2D eigenvalue weighted by atomic mass is 10.00. The van der Waals surface area contributed by atoms with Gasteiger partial charge < -0.3 is 14.6 Å². The molecule has 1 N–H and O–H groups in total. The summed E-state index contributed by atoms with van der Waals surface area (Å²) in [6.45, 7) is 4.03. The summed E-state index contributed by atoms with van der Waals surface area (Å²) in [6.07, 6.45) is 0.976. The summed E-state index contributed by atoms with van der Waals surface area (Å²) in [5.41, 5.74) is 2.32.